The summed E-state index contributed by atoms with van der Waals surface area (Å²) in [4.78, 5) is 37.1. The maximum Gasteiger partial charge on any atom is 0.375 e. The standard InChI is InChI=1S/C25H30F2O7/c1-4-5-19-33-18-10-13-14-9-16(26)15-8-12(28)6-7-22(15,2)24(14,27)17(29)11-23(13,3)25(18,34-19)20(30)21(31)32/h6-8,13-14,16-19,29H,4-5,9-11H2,1-3H3,(H,31,32)/t13-,14-,16-,17-,18?,19?,22-,23-,24-,25-/m0/s1. The molecule has 0 radical (unpaired) electrons. The van der Waals surface area contributed by atoms with Gasteiger partial charge in [0.15, 0.2) is 23.3 Å². The summed E-state index contributed by atoms with van der Waals surface area (Å²) in [7, 11) is 0. The van der Waals surface area contributed by atoms with Crippen LogP contribution in [0.25, 0.3) is 0 Å². The number of hydrogen-bond acceptors (Lipinski definition) is 6. The Morgan fingerprint density at radius 1 is 1.24 bits per heavy atom. The second-order valence-corrected chi connectivity index (χ2v) is 10.9. The van der Waals surface area contributed by atoms with Crippen LogP contribution in [0.2, 0.25) is 0 Å². The first-order chi connectivity index (χ1) is 15.9. The number of alkyl halides is 2. The summed E-state index contributed by atoms with van der Waals surface area (Å²) < 4.78 is 44.8. The molecular weight excluding hydrogens is 450 g/mol. The van der Waals surface area contributed by atoms with Crippen LogP contribution in [0.15, 0.2) is 23.8 Å². The lowest BCUT2D eigenvalue weighted by Gasteiger charge is -2.63. The molecule has 5 rings (SSSR count). The molecule has 2 unspecified atom stereocenters. The smallest absolute Gasteiger partial charge is 0.375 e. The zero-order valence-electron chi connectivity index (χ0n) is 19.4. The predicted octanol–water partition coefficient (Wildman–Crippen LogP) is 2.85. The Balaban J connectivity index is 1.64. The average molecular weight is 481 g/mol. The van der Waals surface area contributed by atoms with Gasteiger partial charge in [-0.05, 0) is 56.3 Å². The van der Waals surface area contributed by atoms with Gasteiger partial charge in [0.05, 0.1) is 12.2 Å². The molecule has 0 amide bonds. The molecule has 3 saturated carbocycles. The number of carbonyl (C=O) groups is 3. The van der Waals surface area contributed by atoms with E-state index in [2.05, 4.69) is 0 Å². The topological polar surface area (TPSA) is 110 Å². The molecular formula is C25H30F2O7. The van der Waals surface area contributed by atoms with Gasteiger partial charge in [-0.15, -0.1) is 0 Å². The number of ether oxygens (including phenoxy) is 2. The molecule has 0 aromatic carbocycles. The number of aliphatic hydroxyl groups excluding tert-OH is 1. The largest absolute Gasteiger partial charge is 0.475 e. The third kappa shape index (κ3) is 2.58. The van der Waals surface area contributed by atoms with Crippen LogP contribution in [0.3, 0.4) is 0 Å². The number of rotatable bonds is 4. The molecule has 186 valence electrons. The monoisotopic (exact) mass is 480 g/mol. The van der Waals surface area contributed by atoms with Crippen molar-refractivity contribution in [3.8, 4) is 0 Å². The Morgan fingerprint density at radius 3 is 2.59 bits per heavy atom. The molecule has 4 fully saturated rings. The molecule has 1 saturated heterocycles. The highest BCUT2D eigenvalue weighted by Crippen LogP contribution is 2.72. The molecule has 0 aromatic rings. The number of carboxylic acid groups (broad SMARTS) is 1. The van der Waals surface area contributed by atoms with Gasteiger partial charge in [0.25, 0.3) is 5.78 Å². The number of halogens is 2. The first kappa shape index (κ1) is 23.8. The van der Waals surface area contributed by atoms with E-state index >= 15 is 8.78 Å². The quantitative estimate of drug-likeness (QED) is 0.596. The summed E-state index contributed by atoms with van der Waals surface area (Å²) in [5.74, 6) is -5.02. The van der Waals surface area contributed by atoms with Crippen molar-refractivity contribution in [2.45, 2.75) is 88.8 Å². The van der Waals surface area contributed by atoms with E-state index in [0.29, 0.717) is 12.8 Å². The second-order valence-electron chi connectivity index (χ2n) is 10.9. The number of carbonyl (C=O) groups excluding carboxylic acids is 2. The summed E-state index contributed by atoms with van der Waals surface area (Å²) in [5.41, 5.74) is -7.06. The van der Waals surface area contributed by atoms with Crippen LogP contribution in [0.5, 0.6) is 0 Å². The highest BCUT2D eigenvalue weighted by atomic mass is 19.1. The number of aliphatic carboxylic acids is 1. The van der Waals surface area contributed by atoms with Gasteiger partial charge in [-0.25, -0.2) is 13.6 Å². The van der Waals surface area contributed by atoms with Crippen molar-refractivity contribution in [2.24, 2.45) is 22.7 Å². The number of ketones is 2. The number of allylic oxidation sites excluding steroid dienone is 4. The summed E-state index contributed by atoms with van der Waals surface area (Å²) in [6, 6.07) is 0. The van der Waals surface area contributed by atoms with Crippen LogP contribution in [0.4, 0.5) is 8.78 Å². The molecule has 1 aliphatic heterocycles. The molecule has 2 N–H and O–H groups in total. The van der Waals surface area contributed by atoms with E-state index in [1.165, 1.54) is 19.1 Å². The third-order valence-corrected chi connectivity index (χ3v) is 9.48. The predicted molar refractivity (Wildman–Crippen MR) is 114 cm³/mol. The lowest BCUT2D eigenvalue weighted by molar-refractivity contribution is -0.234. The number of fused-ring (bicyclic) bond motifs is 7. The van der Waals surface area contributed by atoms with E-state index in [1.807, 2.05) is 6.92 Å². The summed E-state index contributed by atoms with van der Waals surface area (Å²) in [5, 5.41) is 21.0. The van der Waals surface area contributed by atoms with E-state index in [0.717, 1.165) is 6.08 Å². The minimum absolute atomic E-state index is 0.00595. The fraction of sp³-hybridized carbons (Fsp3) is 0.720. The number of Topliss-reactive ketones (excluding diaryl/α,β-unsaturated/α-hetero) is 1. The van der Waals surface area contributed by atoms with Crippen molar-refractivity contribution >= 4 is 17.5 Å². The maximum absolute atomic E-state index is 17.2. The molecule has 34 heavy (non-hydrogen) atoms. The molecule has 9 heteroatoms. The molecule has 5 aliphatic rings. The van der Waals surface area contributed by atoms with Crippen LogP contribution in [0.1, 0.15) is 52.9 Å². The second kappa shape index (κ2) is 7.27. The van der Waals surface area contributed by atoms with Crippen LogP contribution in [-0.2, 0) is 23.9 Å². The summed E-state index contributed by atoms with van der Waals surface area (Å²) in [6.45, 7) is 5.03. The van der Waals surface area contributed by atoms with Crippen molar-refractivity contribution in [2.75, 3.05) is 0 Å². The van der Waals surface area contributed by atoms with Crippen LogP contribution in [0, 0.1) is 22.7 Å². The normalized spacial score (nSPS) is 51.2. The SMILES string of the molecule is CCCC1OC2C[C@H]3[C@@H]4C[C@H](F)C5=CC(=O)C=C[C@]5(C)[C@@]4(F)[C@@H](O)C[C@]3(C)[C@]2(C(=O)C(=O)O)O1. The third-order valence-electron chi connectivity index (χ3n) is 9.48. The Labute approximate surface area is 196 Å². The number of hydrogen-bond donors (Lipinski definition) is 2. The lowest BCUT2D eigenvalue weighted by atomic mass is 9.44. The van der Waals surface area contributed by atoms with E-state index < -0.39 is 76.1 Å². The minimum atomic E-state index is -2.32. The fourth-order valence-electron chi connectivity index (χ4n) is 7.94. The van der Waals surface area contributed by atoms with Crippen molar-refractivity contribution in [3.63, 3.8) is 0 Å². The van der Waals surface area contributed by atoms with Gasteiger partial charge in [0.2, 0.25) is 0 Å². The maximum atomic E-state index is 17.2. The average Bonchev–Trinajstić information content (AvgIpc) is 3.24. The van der Waals surface area contributed by atoms with E-state index in [1.54, 1.807) is 6.92 Å². The van der Waals surface area contributed by atoms with Crippen LogP contribution in [-0.4, -0.2) is 63.7 Å². The molecule has 0 bridgehead atoms. The Kier molecular flexibility index (Phi) is 5.08. The summed E-state index contributed by atoms with van der Waals surface area (Å²) in [6.07, 6.45) is -0.664. The van der Waals surface area contributed by atoms with Crippen molar-refractivity contribution < 1.29 is 42.9 Å². The fourth-order valence-corrected chi connectivity index (χ4v) is 7.94. The molecule has 0 spiro atoms. The van der Waals surface area contributed by atoms with Gasteiger partial charge in [0.1, 0.15) is 6.17 Å². The van der Waals surface area contributed by atoms with E-state index in [9.17, 15) is 24.6 Å². The van der Waals surface area contributed by atoms with E-state index in [4.69, 9.17) is 9.47 Å². The highest BCUT2D eigenvalue weighted by molar-refractivity contribution is 6.36. The molecule has 7 nitrogen and oxygen atoms in total. The first-order valence-corrected chi connectivity index (χ1v) is 11.9. The Hall–Kier alpha value is -1.97. The van der Waals surface area contributed by atoms with Crippen LogP contribution < -0.4 is 0 Å². The molecule has 4 aliphatic carbocycles. The molecule has 1 heterocycles. The van der Waals surface area contributed by atoms with Gasteiger partial charge in [0, 0.05) is 16.7 Å². The van der Waals surface area contributed by atoms with Gasteiger partial charge < -0.3 is 19.7 Å². The van der Waals surface area contributed by atoms with Crippen molar-refractivity contribution in [3.05, 3.63) is 23.8 Å². The number of carboxylic acids is 1. The van der Waals surface area contributed by atoms with Gasteiger partial charge >= 0.3 is 5.97 Å². The zero-order valence-corrected chi connectivity index (χ0v) is 19.4. The molecule has 10 atom stereocenters. The van der Waals surface area contributed by atoms with Crippen molar-refractivity contribution in [1.82, 2.24) is 0 Å². The Morgan fingerprint density at radius 2 is 1.94 bits per heavy atom. The van der Waals surface area contributed by atoms with Crippen molar-refractivity contribution in [1.29, 1.82) is 0 Å². The summed E-state index contributed by atoms with van der Waals surface area (Å²) >= 11 is 0. The van der Waals surface area contributed by atoms with Gasteiger partial charge in [-0.2, -0.15) is 0 Å². The lowest BCUT2D eigenvalue weighted by Crippen LogP contribution is -2.71. The minimum Gasteiger partial charge on any atom is -0.475 e. The highest BCUT2D eigenvalue weighted by Gasteiger charge is 2.80. The van der Waals surface area contributed by atoms with Crippen LogP contribution >= 0.6 is 0 Å². The zero-order chi connectivity index (χ0) is 24.8. The Bertz CT molecular complexity index is 1020. The van der Waals surface area contributed by atoms with Gasteiger partial charge in [-0.3, -0.25) is 9.59 Å². The van der Waals surface area contributed by atoms with Gasteiger partial charge in [-0.1, -0.05) is 26.3 Å². The van der Waals surface area contributed by atoms with E-state index in [-0.39, 0.29) is 24.8 Å². The molecule has 0 aromatic heterocycles. The first-order valence-electron chi connectivity index (χ1n) is 11.9. The number of aliphatic hydroxyl groups is 1.